The normalized spacial score (nSPS) is 19.1. The van der Waals surface area contributed by atoms with Gasteiger partial charge < -0.3 is 19.3 Å². The van der Waals surface area contributed by atoms with Crippen LogP contribution < -0.4 is 4.74 Å². The summed E-state index contributed by atoms with van der Waals surface area (Å²) in [7, 11) is 0. The average molecular weight is 455 g/mol. The number of rotatable bonds is 6. The Labute approximate surface area is 194 Å². The number of amides is 2. The summed E-state index contributed by atoms with van der Waals surface area (Å²) in [6, 6.07) is 11.8. The molecule has 2 aliphatic rings. The molecule has 0 aromatic heterocycles. The number of nitrogens with zero attached hydrogens (tertiary/aromatic N) is 2. The van der Waals surface area contributed by atoms with Crippen molar-refractivity contribution < 1.29 is 23.5 Å². The van der Waals surface area contributed by atoms with E-state index in [0.29, 0.717) is 51.4 Å². The van der Waals surface area contributed by atoms with Crippen molar-refractivity contribution in [1.29, 1.82) is 0 Å². The second-order valence-electron chi connectivity index (χ2n) is 8.46. The molecule has 2 aromatic carbocycles. The molecule has 6 nitrogen and oxygen atoms in total. The second kappa shape index (κ2) is 10.3. The molecule has 0 bridgehead atoms. The van der Waals surface area contributed by atoms with Crippen LogP contribution in [0.15, 0.2) is 42.5 Å². The van der Waals surface area contributed by atoms with Crippen LogP contribution in [0.25, 0.3) is 0 Å². The fourth-order valence-electron chi connectivity index (χ4n) is 4.63. The second-order valence-corrected chi connectivity index (χ2v) is 8.46. The largest absolute Gasteiger partial charge is 0.481 e. The predicted molar refractivity (Wildman–Crippen MR) is 122 cm³/mol. The molecule has 7 heteroatoms. The third-order valence-corrected chi connectivity index (χ3v) is 6.38. The van der Waals surface area contributed by atoms with Gasteiger partial charge in [-0.2, -0.15) is 0 Å². The van der Waals surface area contributed by atoms with Gasteiger partial charge in [0.05, 0.1) is 19.3 Å². The van der Waals surface area contributed by atoms with Crippen molar-refractivity contribution in [3.8, 4) is 5.75 Å². The van der Waals surface area contributed by atoms with Crippen molar-refractivity contribution >= 4 is 11.8 Å². The number of halogens is 1. The maximum atomic E-state index is 14.1. The van der Waals surface area contributed by atoms with E-state index in [1.807, 2.05) is 43.0 Å². The van der Waals surface area contributed by atoms with Gasteiger partial charge in [0.1, 0.15) is 11.6 Å². The van der Waals surface area contributed by atoms with Crippen molar-refractivity contribution in [1.82, 2.24) is 9.80 Å². The third kappa shape index (κ3) is 5.03. The molecular formula is C26H31FN2O4. The minimum absolute atomic E-state index is 0.0233. The topological polar surface area (TPSA) is 59.1 Å². The van der Waals surface area contributed by atoms with E-state index in [2.05, 4.69) is 0 Å². The monoisotopic (exact) mass is 454 g/mol. The summed E-state index contributed by atoms with van der Waals surface area (Å²) in [5.74, 6) is 0.227. The smallest absolute Gasteiger partial charge is 0.263 e. The number of morpholine rings is 1. The van der Waals surface area contributed by atoms with Crippen LogP contribution in [-0.4, -0.2) is 60.6 Å². The highest BCUT2D eigenvalue weighted by molar-refractivity contribution is 5.81. The van der Waals surface area contributed by atoms with E-state index in [1.165, 1.54) is 12.1 Å². The van der Waals surface area contributed by atoms with E-state index < -0.39 is 12.1 Å². The van der Waals surface area contributed by atoms with Gasteiger partial charge in [0.2, 0.25) is 5.91 Å². The fourth-order valence-corrected chi connectivity index (χ4v) is 4.63. The number of carbonyl (C=O) groups excluding carboxylic acids is 2. The molecule has 2 aromatic rings. The first-order chi connectivity index (χ1) is 16.0. The molecule has 2 atom stereocenters. The zero-order valence-electron chi connectivity index (χ0n) is 19.3. The standard InChI is InChI=1S/C26H31FN2O4/c1-3-23(26(31)28-12-14-32-15-13-28)33-21-9-8-18-10-11-29(24(30)4-2)25(22(18)17-21)19-6-5-7-20(27)16-19/h5-9,16-17,23,25H,3-4,10-15H2,1-2H3/t23-,25-/m0/s1. The lowest BCUT2D eigenvalue weighted by Gasteiger charge is -2.38. The fraction of sp³-hybridized carbons (Fsp3) is 0.462. The Balaban J connectivity index is 1.65. The molecule has 0 unspecified atom stereocenters. The molecule has 2 aliphatic heterocycles. The molecule has 0 saturated carbocycles. The molecule has 0 radical (unpaired) electrons. The van der Waals surface area contributed by atoms with Gasteiger partial charge in [0.25, 0.3) is 5.91 Å². The Morgan fingerprint density at radius 1 is 1.12 bits per heavy atom. The summed E-state index contributed by atoms with van der Waals surface area (Å²) in [5, 5.41) is 0. The Hall–Kier alpha value is -2.93. The zero-order valence-corrected chi connectivity index (χ0v) is 19.3. The summed E-state index contributed by atoms with van der Waals surface area (Å²) >= 11 is 0. The Bertz CT molecular complexity index is 1010. The quantitative estimate of drug-likeness (QED) is 0.668. The van der Waals surface area contributed by atoms with Crippen LogP contribution in [0, 0.1) is 5.82 Å². The van der Waals surface area contributed by atoms with Gasteiger partial charge in [-0.1, -0.05) is 32.0 Å². The molecule has 1 saturated heterocycles. The predicted octanol–water partition coefficient (Wildman–Crippen LogP) is 3.73. The first-order valence-electron chi connectivity index (χ1n) is 11.7. The SMILES string of the molecule is CCC(=O)N1CCc2ccc(O[C@@H](CC)C(=O)N3CCOCC3)cc2[C@@H]1c1cccc(F)c1. The first-order valence-corrected chi connectivity index (χ1v) is 11.7. The minimum Gasteiger partial charge on any atom is -0.481 e. The molecule has 1 fully saturated rings. The minimum atomic E-state index is -0.592. The number of hydrogen-bond donors (Lipinski definition) is 0. The number of fused-ring (bicyclic) bond motifs is 1. The lowest BCUT2D eigenvalue weighted by molar-refractivity contribution is -0.143. The number of ether oxygens (including phenoxy) is 2. The van der Waals surface area contributed by atoms with Gasteiger partial charge in [0.15, 0.2) is 6.10 Å². The van der Waals surface area contributed by atoms with Crippen molar-refractivity contribution in [2.24, 2.45) is 0 Å². The van der Waals surface area contributed by atoms with Crippen LogP contribution in [0.5, 0.6) is 5.75 Å². The van der Waals surface area contributed by atoms with E-state index >= 15 is 0 Å². The highest BCUT2D eigenvalue weighted by Gasteiger charge is 2.33. The molecule has 2 amide bonds. The molecule has 0 aliphatic carbocycles. The van der Waals surface area contributed by atoms with Gasteiger partial charge in [-0.15, -0.1) is 0 Å². The van der Waals surface area contributed by atoms with Crippen molar-refractivity contribution in [3.63, 3.8) is 0 Å². The lowest BCUT2D eigenvalue weighted by atomic mass is 9.87. The van der Waals surface area contributed by atoms with Crippen LogP contribution in [0.2, 0.25) is 0 Å². The maximum absolute atomic E-state index is 14.1. The van der Waals surface area contributed by atoms with Gasteiger partial charge in [-0.3, -0.25) is 9.59 Å². The molecule has 0 N–H and O–H groups in total. The Morgan fingerprint density at radius 3 is 2.61 bits per heavy atom. The van der Waals surface area contributed by atoms with E-state index in [-0.39, 0.29) is 17.6 Å². The zero-order chi connectivity index (χ0) is 23.4. The summed E-state index contributed by atoms with van der Waals surface area (Å²) in [6.45, 7) is 6.56. The van der Waals surface area contributed by atoms with Crippen LogP contribution in [0.3, 0.4) is 0 Å². The maximum Gasteiger partial charge on any atom is 0.263 e. The van der Waals surface area contributed by atoms with Crippen molar-refractivity contribution in [2.75, 3.05) is 32.8 Å². The first kappa shape index (κ1) is 23.2. The molecule has 176 valence electrons. The molecule has 2 heterocycles. The average Bonchev–Trinajstić information content (AvgIpc) is 2.86. The van der Waals surface area contributed by atoms with Crippen LogP contribution in [0.4, 0.5) is 4.39 Å². The highest BCUT2D eigenvalue weighted by Crippen LogP contribution is 2.38. The lowest BCUT2D eigenvalue weighted by Crippen LogP contribution is -2.47. The van der Waals surface area contributed by atoms with Crippen LogP contribution in [-0.2, 0) is 20.7 Å². The third-order valence-electron chi connectivity index (χ3n) is 6.38. The van der Waals surface area contributed by atoms with Gasteiger partial charge in [-0.25, -0.2) is 4.39 Å². The van der Waals surface area contributed by atoms with E-state index in [4.69, 9.17) is 9.47 Å². The van der Waals surface area contributed by atoms with Crippen molar-refractivity contribution in [2.45, 2.75) is 45.3 Å². The highest BCUT2D eigenvalue weighted by atomic mass is 19.1. The number of benzene rings is 2. The molecule has 33 heavy (non-hydrogen) atoms. The van der Waals surface area contributed by atoms with E-state index in [9.17, 15) is 14.0 Å². The Kier molecular flexibility index (Phi) is 7.28. The van der Waals surface area contributed by atoms with Crippen LogP contribution in [0.1, 0.15) is 49.4 Å². The van der Waals surface area contributed by atoms with Gasteiger partial charge in [-0.05, 0) is 53.8 Å². The Morgan fingerprint density at radius 2 is 1.91 bits per heavy atom. The molecule has 4 rings (SSSR count). The van der Waals surface area contributed by atoms with E-state index in [0.717, 1.165) is 23.1 Å². The van der Waals surface area contributed by atoms with E-state index in [1.54, 1.807) is 11.0 Å². The summed E-state index contributed by atoms with van der Waals surface area (Å²) < 4.78 is 25.6. The van der Waals surface area contributed by atoms with Crippen LogP contribution >= 0.6 is 0 Å². The summed E-state index contributed by atoms with van der Waals surface area (Å²) in [5.41, 5.74) is 2.75. The van der Waals surface area contributed by atoms with Gasteiger partial charge >= 0.3 is 0 Å². The van der Waals surface area contributed by atoms with Gasteiger partial charge in [0, 0.05) is 26.1 Å². The molecule has 0 spiro atoms. The number of carbonyl (C=O) groups is 2. The summed E-state index contributed by atoms with van der Waals surface area (Å²) in [4.78, 5) is 29.3. The molecular weight excluding hydrogens is 423 g/mol. The number of hydrogen-bond acceptors (Lipinski definition) is 4. The summed E-state index contributed by atoms with van der Waals surface area (Å²) in [6.07, 6.45) is 1.05. The van der Waals surface area contributed by atoms with Crippen molar-refractivity contribution in [3.05, 3.63) is 65.0 Å².